The summed E-state index contributed by atoms with van der Waals surface area (Å²) in [5.74, 6) is 1.43. The second-order valence-corrected chi connectivity index (χ2v) is 6.95. The monoisotopic (exact) mass is 374 g/mol. The smallest absolute Gasteiger partial charge is 0.241 e. The number of likely N-dealkylation sites (N-methyl/N-ethyl adjacent to an activating group) is 1. The van der Waals surface area contributed by atoms with Gasteiger partial charge in [-0.3, -0.25) is 4.79 Å². The average Bonchev–Trinajstić information content (AvgIpc) is 3.16. The van der Waals surface area contributed by atoms with Crippen LogP contribution in [0.5, 0.6) is 5.75 Å². The quantitative estimate of drug-likeness (QED) is 0.549. The summed E-state index contributed by atoms with van der Waals surface area (Å²) >= 11 is 1.74. The normalized spacial score (nSPS) is 11.1. The van der Waals surface area contributed by atoms with Crippen molar-refractivity contribution in [1.29, 1.82) is 0 Å². The lowest BCUT2D eigenvalue weighted by Crippen LogP contribution is -2.43. The molecule has 2 N–H and O–H groups in total. The van der Waals surface area contributed by atoms with Crippen molar-refractivity contribution in [2.75, 3.05) is 34.3 Å². The van der Waals surface area contributed by atoms with Gasteiger partial charge in [0.2, 0.25) is 5.91 Å². The highest BCUT2D eigenvalue weighted by Gasteiger charge is 2.06. The lowest BCUT2D eigenvalue weighted by molar-refractivity contribution is -0.127. The van der Waals surface area contributed by atoms with Gasteiger partial charge in [-0.15, -0.1) is 11.3 Å². The molecule has 0 aliphatic carbocycles. The molecule has 0 atom stereocenters. The summed E-state index contributed by atoms with van der Waals surface area (Å²) < 4.78 is 5.24. The van der Waals surface area contributed by atoms with Gasteiger partial charge in [0, 0.05) is 25.5 Å². The third-order valence-electron chi connectivity index (χ3n) is 3.70. The molecule has 0 spiro atoms. The second-order valence-electron chi connectivity index (χ2n) is 5.91. The number of nitrogens with zero attached hydrogens (tertiary/aromatic N) is 2. The Kier molecular flexibility index (Phi) is 7.95. The summed E-state index contributed by atoms with van der Waals surface area (Å²) in [6.45, 7) is 1.46. The number of hydrogen-bond donors (Lipinski definition) is 2. The fourth-order valence-corrected chi connectivity index (χ4v) is 2.90. The van der Waals surface area contributed by atoms with Crippen LogP contribution < -0.4 is 15.4 Å². The fourth-order valence-electron chi connectivity index (χ4n) is 2.19. The van der Waals surface area contributed by atoms with Gasteiger partial charge in [0.05, 0.1) is 20.2 Å². The molecule has 0 fully saturated rings. The van der Waals surface area contributed by atoms with E-state index in [4.69, 9.17) is 4.74 Å². The van der Waals surface area contributed by atoms with Gasteiger partial charge >= 0.3 is 0 Å². The highest BCUT2D eigenvalue weighted by atomic mass is 32.1. The summed E-state index contributed by atoms with van der Waals surface area (Å²) in [7, 11) is 5.12. The maximum Gasteiger partial charge on any atom is 0.241 e. The molecular weight excluding hydrogens is 348 g/mol. The molecule has 1 amide bonds. The Morgan fingerprint density at radius 3 is 2.77 bits per heavy atom. The first-order valence-electron chi connectivity index (χ1n) is 8.46. The molecule has 6 nitrogen and oxygen atoms in total. The van der Waals surface area contributed by atoms with Crippen LogP contribution in [0, 0.1) is 0 Å². The molecule has 1 aromatic heterocycles. The van der Waals surface area contributed by atoms with Gasteiger partial charge in [-0.05, 0) is 35.6 Å². The Balaban J connectivity index is 1.96. The molecule has 2 aromatic rings. The van der Waals surface area contributed by atoms with Crippen molar-refractivity contribution >= 4 is 23.2 Å². The van der Waals surface area contributed by atoms with Crippen molar-refractivity contribution in [3.63, 3.8) is 0 Å². The number of hydrogen-bond acceptors (Lipinski definition) is 4. The van der Waals surface area contributed by atoms with E-state index in [-0.39, 0.29) is 12.5 Å². The van der Waals surface area contributed by atoms with Crippen LogP contribution in [0.4, 0.5) is 0 Å². The van der Waals surface area contributed by atoms with Crippen molar-refractivity contribution in [3.05, 3.63) is 52.2 Å². The molecule has 0 radical (unpaired) electrons. The van der Waals surface area contributed by atoms with Crippen LogP contribution in [0.25, 0.3) is 0 Å². The van der Waals surface area contributed by atoms with E-state index in [1.165, 1.54) is 4.88 Å². The minimum atomic E-state index is -0.000799. The molecule has 0 aliphatic heterocycles. The third kappa shape index (κ3) is 6.76. The zero-order valence-electron chi connectivity index (χ0n) is 15.5. The van der Waals surface area contributed by atoms with Gasteiger partial charge in [-0.1, -0.05) is 18.2 Å². The van der Waals surface area contributed by atoms with Crippen LogP contribution in [0.1, 0.15) is 10.4 Å². The first kappa shape index (κ1) is 19.8. The molecule has 0 saturated carbocycles. The number of benzene rings is 1. The molecule has 1 heterocycles. The van der Waals surface area contributed by atoms with Gasteiger partial charge in [0.1, 0.15) is 5.75 Å². The minimum Gasteiger partial charge on any atom is -0.497 e. The van der Waals surface area contributed by atoms with E-state index in [1.807, 2.05) is 30.3 Å². The van der Waals surface area contributed by atoms with Gasteiger partial charge < -0.3 is 20.3 Å². The maximum absolute atomic E-state index is 11.8. The molecular formula is C19H26N4O2S. The summed E-state index contributed by atoms with van der Waals surface area (Å²) in [4.78, 5) is 19.3. The molecule has 26 heavy (non-hydrogen) atoms. The van der Waals surface area contributed by atoms with Gasteiger partial charge in [0.25, 0.3) is 0 Å². The van der Waals surface area contributed by atoms with Crippen molar-refractivity contribution in [2.45, 2.75) is 13.0 Å². The molecule has 1 aromatic carbocycles. The van der Waals surface area contributed by atoms with Gasteiger partial charge in [-0.2, -0.15) is 0 Å². The first-order valence-corrected chi connectivity index (χ1v) is 9.34. The van der Waals surface area contributed by atoms with Crippen LogP contribution in [0.15, 0.2) is 46.8 Å². The predicted molar refractivity (Wildman–Crippen MR) is 107 cm³/mol. The topological polar surface area (TPSA) is 66.0 Å². The number of amides is 1. The van der Waals surface area contributed by atoms with Crippen LogP contribution in [0.2, 0.25) is 0 Å². The second kappa shape index (κ2) is 10.5. The first-order chi connectivity index (χ1) is 12.6. The third-order valence-corrected chi connectivity index (χ3v) is 4.64. The van der Waals surface area contributed by atoms with Crippen molar-refractivity contribution in [1.82, 2.24) is 15.5 Å². The number of ether oxygens (including phenoxy) is 1. The van der Waals surface area contributed by atoms with Crippen LogP contribution >= 0.6 is 11.3 Å². The zero-order chi connectivity index (χ0) is 18.8. The number of rotatable bonds is 8. The summed E-state index contributed by atoms with van der Waals surface area (Å²) in [6.07, 6.45) is 0.916. The number of methoxy groups -OCH3 is 1. The zero-order valence-corrected chi connectivity index (χ0v) is 16.3. The Morgan fingerprint density at radius 1 is 1.23 bits per heavy atom. The van der Waals surface area contributed by atoms with E-state index in [1.54, 1.807) is 37.4 Å². The molecule has 7 heteroatoms. The predicted octanol–water partition coefficient (Wildman–Crippen LogP) is 2.12. The standard InChI is InChI=1S/C19H26N4O2S/c1-23(2)18(24)14-22-19(20-10-9-17-8-5-11-26-17)21-13-15-6-4-7-16(12-15)25-3/h4-8,11-12H,9-10,13-14H2,1-3H3,(H2,20,21,22). The maximum atomic E-state index is 11.8. The average molecular weight is 375 g/mol. The largest absolute Gasteiger partial charge is 0.497 e. The van der Waals surface area contributed by atoms with Crippen LogP contribution in [-0.4, -0.2) is 51.1 Å². The molecule has 2 rings (SSSR count). The van der Waals surface area contributed by atoms with Gasteiger partial charge in [0.15, 0.2) is 5.96 Å². The van der Waals surface area contributed by atoms with Crippen molar-refractivity contribution in [2.24, 2.45) is 4.99 Å². The van der Waals surface area contributed by atoms with Crippen molar-refractivity contribution in [3.8, 4) is 5.75 Å². The molecule has 0 unspecified atom stereocenters. The van der Waals surface area contributed by atoms with E-state index in [0.29, 0.717) is 12.5 Å². The van der Waals surface area contributed by atoms with E-state index in [9.17, 15) is 4.79 Å². The number of thiophene rings is 1. The Bertz CT molecular complexity index is 714. The van der Waals surface area contributed by atoms with E-state index >= 15 is 0 Å². The summed E-state index contributed by atoms with van der Waals surface area (Å²) in [5, 5.41) is 8.46. The number of carbonyl (C=O) groups is 1. The summed E-state index contributed by atoms with van der Waals surface area (Å²) in [5.41, 5.74) is 1.04. The highest BCUT2D eigenvalue weighted by molar-refractivity contribution is 7.09. The Hall–Kier alpha value is -2.54. The minimum absolute atomic E-state index is 0.000799. The molecule has 140 valence electrons. The highest BCUT2D eigenvalue weighted by Crippen LogP contribution is 2.13. The van der Waals surface area contributed by atoms with E-state index in [0.717, 1.165) is 24.3 Å². The number of guanidine groups is 1. The lowest BCUT2D eigenvalue weighted by atomic mass is 10.2. The lowest BCUT2D eigenvalue weighted by Gasteiger charge is -2.15. The SMILES string of the molecule is COc1cccc(CN=C(NCCc2cccs2)NCC(=O)N(C)C)c1. The fraction of sp³-hybridized carbons (Fsp3) is 0.368. The van der Waals surface area contributed by atoms with Gasteiger partial charge in [-0.25, -0.2) is 4.99 Å². The summed E-state index contributed by atoms with van der Waals surface area (Å²) in [6, 6.07) is 12.0. The molecule has 0 saturated heterocycles. The Labute approximate surface area is 158 Å². The van der Waals surface area contributed by atoms with E-state index in [2.05, 4.69) is 27.1 Å². The Morgan fingerprint density at radius 2 is 2.08 bits per heavy atom. The molecule has 0 bridgehead atoms. The van der Waals surface area contributed by atoms with Crippen molar-refractivity contribution < 1.29 is 9.53 Å². The number of aliphatic imine (C=N–C) groups is 1. The molecule has 0 aliphatic rings. The number of carbonyl (C=O) groups excluding carboxylic acids is 1. The van der Waals surface area contributed by atoms with Crippen LogP contribution in [0.3, 0.4) is 0 Å². The number of nitrogens with one attached hydrogen (secondary N) is 2. The van der Waals surface area contributed by atoms with Crippen LogP contribution in [-0.2, 0) is 17.8 Å². The van der Waals surface area contributed by atoms with E-state index < -0.39 is 0 Å².